The van der Waals surface area contributed by atoms with Crippen LogP contribution in [0.3, 0.4) is 0 Å². The van der Waals surface area contributed by atoms with Gasteiger partial charge in [-0.3, -0.25) is 4.79 Å². The van der Waals surface area contributed by atoms with Crippen LogP contribution in [0.5, 0.6) is 0 Å². The highest BCUT2D eigenvalue weighted by Gasteiger charge is 2.17. The van der Waals surface area contributed by atoms with Gasteiger partial charge < -0.3 is 9.47 Å². The van der Waals surface area contributed by atoms with Crippen LogP contribution in [0.2, 0.25) is 0 Å². The number of hydrogen-bond donors (Lipinski definition) is 0. The predicted octanol–water partition coefficient (Wildman–Crippen LogP) is 3.50. The summed E-state index contributed by atoms with van der Waals surface area (Å²) in [7, 11) is 0. The highest BCUT2D eigenvalue weighted by Crippen LogP contribution is 2.20. The monoisotopic (exact) mass is 292 g/mol. The Hall–Kier alpha value is -1.84. The van der Waals surface area contributed by atoms with Crippen LogP contribution in [0.15, 0.2) is 18.2 Å². The summed E-state index contributed by atoms with van der Waals surface area (Å²) in [4.78, 5) is 23.2. The molecule has 0 aliphatic rings. The molecule has 0 aliphatic carbocycles. The lowest BCUT2D eigenvalue weighted by molar-refractivity contribution is -0.164. The molecular formula is C17H24O4. The zero-order valence-corrected chi connectivity index (χ0v) is 13.4. The highest BCUT2D eigenvalue weighted by molar-refractivity contribution is 5.77. The number of esters is 2. The molecule has 1 rings (SSSR count). The molecule has 1 aromatic carbocycles. The second-order valence-electron chi connectivity index (χ2n) is 5.47. The Morgan fingerprint density at radius 1 is 1.10 bits per heavy atom. The van der Waals surface area contributed by atoms with Crippen LogP contribution in [-0.2, 0) is 19.1 Å². The SMILES string of the molecule is CCC(C)C(=O)OCC(=O)OC(C)c1cc(C)cc(C)c1. The van der Waals surface area contributed by atoms with Crippen LogP contribution in [0, 0.1) is 19.8 Å². The van der Waals surface area contributed by atoms with Crippen LogP contribution in [0.25, 0.3) is 0 Å². The van der Waals surface area contributed by atoms with Crippen LogP contribution in [0.1, 0.15) is 50.0 Å². The van der Waals surface area contributed by atoms with E-state index in [1.807, 2.05) is 39.8 Å². The van der Waals surface area contributed by atoms with Crippen molar-refractivity contribution in [2.24, 2.45) is 5.92 Å². The number of ether oxygens (including phenoxy) is 2. The lowest BCUT2D eigenvalue weighted by Crippen LogP contribution is -2.21. The summed E-state index contributed by atoms with van der Waals surface area (Å²) in [6, 6.07) is 6.03. The van der Waals surface area contributed by atoms with E-state index in [9.17, 15) is 9.59 Å². The molecule has 0 aromatic heterocycles. The molecule has 1 aromatic rings. The normalized spacial score (nSPS) is 13.4. The molecule has 0 fully saturated rings. The number of carbonyl (C=O) groups is 2. The van der Waals surface area contributed by atoms with E-state index >= 15 is 0 Å². The average Bonchev–Trinajstić information content (AvgIpc) is 2.42. The summed E-state index contributed by atoms with van der Waals surface area (Å²) in [5.74, 6) is -1.10. The first-order valence-corrected chi connectivity index (χ1v) is 7.27. The number of benzene rings is 1. The zero-order valence-electron chi connectivity index (χ0n) is 13.4. The van der Waals surface area contributed by atoms with Gasteiger partial charge in [0.1, 0.15) is 6.10 Å². The Labute approximate surface area is 126 Å². The fourth-order valence-electron chi connectivity index (χ4n) is 1.98. The van der Waals surface area contributed by atoms with E-state index in [0.717, 1.165) is 16.7 Å². The van der Waals surface area contributed by atoms with Gasteiger partial charge in [0.15, 0.2) is 6.61 Å². The van der Waals surface area contributed by atoms with Crippen molar-refractivity contribution in [3.8, 4) is 0 Å². The van der Waals surface area contributed by atoms with Crippen molar-refractivity contribution in [1.29, 1.82) is 0 Å². The Morgan fingerprint density at radius 2 is 1.67 bits per heavy atom. The van der Waals surface area contributed by atoms with E-state index < -0.39 is 5.97 Å². The molecule has 0 spiro atoms. The fraction of sp³-hybridized carbons (Fsp3) is 0.529. The Balaban J connectivity index is 2.52. The van der Waals surface area contributed by atoms with Crippen molar-refractivity contribution in [3.05, 3.63) is 34.9 Å². The summed E-state index contributed by atoms with van der Waals surface area (Å²) < 4.78 is 10.2. The van der Waals surface area contributed by atoms with Crippen molar-refractivity contribution >= 4 is 11.9 Å². The van der Waals surface area contributed by atoms with Crippen molar-refractivity contribution in [1.82, 2.24) is 0 Å². The van der Waals surface area contributed by atoms with Crippen LogP contribution < -0.4 is 0 Å². The van der Waals surface area contributed by atoms with E-state index in [1.54, 1.807) is 6.92 Å². The third kappa shape index (κ3) is 5.58. The Morgan fingerprint density at radius 3 is 2.19 bits per heavy atom. The third-order valence-electron chi connectivity index (χ3n) is 3.37. The molecule has 4 heteroatoms. The molecule has 0 bridgehead atoms. The summed E-state index contributed by atoms with van der Waals surface area (Å²) in [5, 5.41) is 0. The topological polar surface area (TPSA) is 52.6 Å². The van der Waals surface area contributed by atoms with Crippen LogP contribution in [-0.4, -0.2) is 18.5 Å². The number of rotatable bonds is 6. The first-order valence-electron chi connectivity index (χ1n) is 7.27. The average molecular weight is 292 g/mol. The molecule has 2 unspecified atom stereocenters. The molecule has 0 saturated carbocycles. The molecule has 116 valence electrons. The number of carbonyl (C=O) groups excluding carboxylic acids is 2. The maximum atomic E-state index is 11.7. The van der Waals surface area contributed by atoms with Gasteiger partial charge in [-0.2, -0.15) is 0 Å². The van der Waals surface area contributed by atoms with E-state index in [1.165, 1.54) is 0 Å². The van der Waals surface area contributed by atoms with E-state index in [2.05, 4.69) is 6.07 Å². The molecule has 0 radical (unpaired) electrons. The first kappa shape index (κ1) is 17.2. The van der Waals surface area contributed by atoms with Crippen LogP contribution in [0.4, 0.5) is 0 Å². The zero-order chi connectivity index (χ0) is 16.0. The third-order valence-corrected chi connectivity index (χ3v) is 3.37. The minimum atomic E-state index is -0.529. The van der Waals surface area contributed by atoms with E-state index in [4.69, 9.17) is 9.47 Å². The van der Waals surface area contributed by atoms with Gasteiger partial charge in [-0.25, -0.2) is 4.79 Å². The van der Waals surface area contributed by atoms with Gasteiger partial charge in [-0.1, -0.05) is 43.2 Å². The minimum absolute atomic E-state index is 0.199. The van der Waals surface area contributed by atoms with Gasteiger partial charge in [-0.15, -0.1) is 0 Å². The van der Waals surface area contributed by atoms with Crippen molar-refractivity contribution in [2.45, 2.75) is 47.1 Å². The Bertz CT molecular complexity index is 487. The molecule has 0 heterocycles. The summed E-state index contributed by atoms with van der Waals surface area (Å²) >= 11 is 0. The van der Waals surface area contributed by atoms with Gasteiger partial charge in [-0.05, 0) is 32.8 Å². The van der Waals surface area contributed by atoms with Gasteiger partial charge in [0, 0.05) is 0 Å². The van der Waals surface area contributed by atoms with E-state index in [0.29, 0.717) is 6.42 Å². The fourth-order valence-corrected chi connectivity index (χ4v) is 1.98. The second-order valence-corrected chi connectivity index (χ2v) is 5.47. The lowest BCUT2D eigenvalue weighted by Gasteiger charge is -2.15. The van der Waals surface area contributed by atoms with Crippen molar-refractivity contribution in [2.75, 3.05) is 6.61 Å². The van der Waals surface area contributed by atoms with Crippen molar-refractivity contribution in [3.63, 3.8) is 0 Å². The summed E-state index contributed by atoms with van der Waals surface area (Å²) in [6.45, 7) is 9.14. The van der Waals surface area contributed by atoms with Crippen molar-refractivity contribution < 1.29 is 19.1 Å². The standard InChI is InChI=1S/C17H24O4/c1-6-13(4)17(19)20-10-16(18)21-14(5)15-8-11(2)7-12(3)9-15/h7-9,13-14H,6,10H2,1-5H3. The lowest BCUT2D eigenvalue weighted by atomic mass is 10.0. The molecule has 4 nitrogen and oxygen atoms in total. The van der Waals surface area contributed by atoms with Gasteiger partial charge in [0.25, 0.3) is 0 Å². The number of aryl methyl sites for hydroxylation is 2. The largest absolute Gasteiger partial charge is 0.455 e. The quantitative estimate of drug-likeness (QED) is 0.753. The maximum absolute atomic E-state index is 11.7. The molecule has 0 saturated heterocycles. The molecule has 0 N–H and O–H groups in total. The van der Waals surface area contributed by atoms with Gasteiger partial charge >= 0.3 is 11.9 Å². The van der Waals surface area contributed by atoms with E-state index in [-0.39, 0.29) is 24.6 Å². The van der Waals surface area contributed by atoms with Gasteiger partial charge in [0.05, 0.1) is 5.92 Å². The minimum Gasteiger partial charge on any atom is -0.455 e. The summed E-state index contributed by atoms with van der Waals surface area (Å²) in [6.07, 6.45) is 0.325. The van der Waals surface area contributed by atoms with Gasteiger partial charge in [0.2, 0.25) is 0 Å². The predicted molar refractivity (Wildman–Crippen MR) is 80.8 cm³/mol. The molecule has 2 atom stereocenters. The molecule has 0 aliphatic heterocycles. The summed E-state index contributed by atoms with van der Waals surface area (Å²) in [5.41, 5.74) is 3.18. The second kappa shape index (κ2) is 7.81. The Kier molecular flexibility index (Phi) is 6.40. The maximum Gasteiger partial charge on any atom is 0.344 e. The smallest absolute Gasteiger partial charge is 0.344 e. The van der Waals surface area contributed by atoms with Crippen LogP contribution >= 0.6 is 0 Å². The highest BCUT2D eigenvalue weighted by atomic mass is 16.6. The molecule has 21 heavy (non-hydrogen) atoms. The molecular weight excluding hydrogens is 268 g/mol. The molecule has 0 amide bonds. The first-order chi connectivity index (χ1) is 9.83. The number of hydrogen-bond acceptors (Lipinski definition) is 4.